The lowest BCUT2D eigenvalue weighted by Crippen LogP contribution is -2.41. The molecule has 0 spiro atoms. The van der Waals surface area contributed by atoms with Crippen molar-refractivity contribution in [2.24, 2.45) is 0 Å². The molecule has 0 radical (unpaired) electrons. The van der Waals surface area contributed by atoms with E-state index in [-0.39, 0.29) is 16.3 Å². The Labute approximate surface area is 216 Å². The van der Waals surface area contributed by atoms with Gasteiger partial charge in [-0.05, 0) is 62.4 Å². The summed E-state index contributed by atoms with van der Waals surface area (Å²) in [5.74, 6) is 0.874. The smallest absolute Gasteiger partial charge is 0.264 e. The molecule has 3 aromatic carbocycles. The molecule has 1 N–H and O–H groups in total. The third kappa shape index (κ3) is 6.03. The lowest BCUT2D eigenvalue weighted by Gasteiger charge is -2.27. The number of nitrogens with zero attached hydrogens (tertiary/aromatic N) is 1. The summed E-state index contributed by atoms with van der Waals surface area (Å²) in [6, 6.07) is 15.7. The standard InChI is InChI=1S/C26H29ClN2O6S/c1-17-6-10-21(11-7-17)36(31,32)29(23-14-19(27)8-12-25(23)35-5)16-26(30)28-18(2)22-15-20(33-3)9-13-24(22)34-4/h6-15,18H,16H2,1-5H3,(H,28,30)/t18-/m1/s1. The van der Waals surface area contributed by atoms with Gasteiger partial charge in [-0.3, -0.25) is 9.10 Å². The van der Waals surface area contributed by atoms with E-state index in [1.54, 1.807) is 56.5 Å². The van der Waals surface area contributed by atoms with Crippen molar-refractivity contribution < 1.29 is 27.4 Å². The number of aryl methyl sites for hydroxylation is 1. The van der Waals surface area contributed by atoms with Crippen LogP contribution in [-0.2, 0) is 14.8 Å². The van der Waals surface area contributed by atoms with Gasteiger partial charge in [0.15, 0.2) is 0 Å². The summed E-state index contributed by atoms with van der Waals surface area (Å²) in [7, 11) is 0.339. The van der Waals surface area contributed by atoms with Gasteiger partial charge in [0.2, 0.25) is 5.91 Å². The van der Waals surface area contributed by atoms with E-state index in [1.807, 2.05) is 6.92 Å². The minimum absolute atomic E-state index is 0.0328. The van der Waals surface area contributed by atoms with Gasteiger partial charge in [0.1, 0.15) is 23.8 Å². The van der Waals surface area contributed by atoms with Crippen molar-refractivity contribution in [3.8, 4) is 17.2 Å². The summed E-state index contributed by atoms with van der Waals surface area (Å²) in [5.41, 5.74) is 1.73. The molecule has 0 bridgehead atoms. The van der Waals surface area contributed by atoms with Crippen LogP contribution in [0.15, 0.2) is 65.6 Å². The quantitative estimate of drug-likeness (QED) is 0.405. The number of halogens is 1. The van der Waals surface area contributed by atoms with Crippen molar-refractivity contribution in [2.75, 3.05) is 32.2 Å². The third-order valence-corrected chi connectivity index (χ3v) is 7.60. The first kappa shape index (κ1) is 27.2. The number of carbonyl (C=O) groups is 1. The van der Waals surface area contributed by atoms with Gasteiger partial charge in [0.25, 0.3) is 10.0 Å². The first-order chi connectivity index (χ1) is 17.1. The van der Waals surface area contributed by atoms with E-state index in [0.29, 0.717) is 22.1 Å². The van der Waals surface area contributed by atoms with E-state index < -0.39 is 28.5 Å². The summed E-state index contributed by atoms with van der Waals surface area (Å²) >= 11 is 6.19. The first-order valence-corrected chi connectivity index (χ1v) is 12.9. The highest BCUT2D eigenvalue weighted by Gasteiger charge is 2.30. The number of nitrogens with one attached hydrogen (secondary N) is 1. The molecular weight excluding hydrogens is 504 g/mol. The fourth-order valence-corrected chi connectivity index (χ4v) is 5.26. The van der Waals surface area contributed by atoms with E-state index >= 15 is 0 Å². The Balaban J connectivity index is 1.99. The molecule has 0 saturated heterocycles. The van der Waals surface area contributed by atoms with Gasteiger partial charge in [-0.15, -0.1) is 0 Å². The van der Waals surface area contributed by atoms with E-state index in [1.165, 1.54) is 32.4 Å². The Kier molecular flexibility index (Phi) is 8.70. The molecular formula is C26H29ClN2O6S. The number of benzene rings is 3. The Morgan fingerprint density at radius 2 is 1.58 bits per heavy atom. The van der Waals surface area contributed by atoms with Gasteiger partial charge >= 0.3 is 0 Å². The van der Waals surface area contributed by atoms with Crippen LogP contribution in [0.4, 0.5) is 5.69 Å². The number of hydrogen-bond acceptors (Lipinski definition) is 6. The average Bonchev–Trinajstić information content (AvgIpc) is 2.86. The molecule has 0 aliphatic rings. The number of ether oxygens (including phenoxy) is 3. The molecule has 36 heavy (non-hydrogen) atoms. The topological polar surface area (TPSA) is 94.2 Å². The Bertz CT molecular complexity index is 1330. The molecule has 0 unspecified atom stereocenters. The SMILES string of the molecule is COc1ccc(OC)c([C@@H](C)NC(=O)CN(c2cc(Cl)ccc2OC)S(=O)(=O)c2ccc(C)cc2)c1. The monoisotopic (exact) mass is 532 g/mol. The maximum absolute atomic E-state index is 13.7. The summed E-state index contributed by atoms with van der Waals surface area (Å²) in [5, 5.41) is 3.15. The number of hydrogen-bond donors (Lipinski definition) is 1. The largest absolute Gasteiger partial charge is 0.497 e. The van der Waals surface area contributed by atoms with Crippen molar-refractivity contribution in [3.63, 3.8) is 0 Å². The minimum Gasteiger partial charge on any atom is -0.497 e. The summed E-state index contributed by atoms with van der Waals surface area (Å²) in [4.78, 5) is 13.3. The molecule has 1 atom stereocenters. The molecule has 0 aliphatic heterocycles. The highest BCUT2D eigenvalue weighted by Crippen LogP contribution is 2.35. The molecule has 0 aromatic heterocycles. The Morgan fingerprint density at radius 3 is 2.19 bits per heavy atom. The predicted octanol–water partition coefficient (Wildman–Crippen LogP) is 4.75. The van der Waals surface area contributed by atoms with Crippen LogP contribution in [0.2, 0.25) is 5.02 Å². The molecule has 0 saturated carbocycles. The normalized spacial score (nSPS) is 11.9. The van der Waals surface area contributed by atoms with Crippen LogP contribution in [0.25, 0.3) is 0 Å². The van der Waals surface area contributed by atoms with E-state index in [4.69, 9.17) is 25.8 Å². The van der Waals surface area contributed by atoms with Gasteiger partial charge in [0.05, 0.1) is 38.0 Å². The van der Waals surface area contributed by atoms with Crippen molar-refractivity contribution >= 4 is 33.2 Å². The fourth-order valence-electron chi connectivity index (χ4n) is 3.67. The van der Waals surface area contributed by atoms with Crippen molar-refractivity contribution in [1.29, 1.82) is 0 Å². The molecule has 0 aliphatic carbocycles. The van der Waals surface area contributed by atoms with E-state index in [2.05, 4.69) is 5.32 Å². The molecule has 0 heterocycles. The van der Waals surface area contributed by atoms with Gasteiger partial charge in [-0.25, -0.2) is 8.42 Å². The van der Waals surface area contributed by atoms with Crippen molar-refractivity contribution in [1.82, 2.24) is 5.32 Å². The molecule has 3 rings (SSSR count). The summed E-state index contributed by atoms with van der Waals surface area (Å²) in [6.45, 7) is 3.12. The van der Waals surface area contributed by atoms with Crippen molar-refractivity contribution in [3.05, 3.63) is 76.8 Å². The lowest BCUT2D eigenvalue weighted by molar-refractivity contribution is -0.120. The number of carbonyl (C=O) groups excluding carboxylic acids is 1. The van der Waals surface area contributed by atoms with Crippen LogP contribution >= 0.6 is 11.6 Å². The predicted molar refractivity (Wildman–Crippen MR) is 140 cm³/mol. The van der Waals surface area contributed by atoms with Gasteiger partial charge < -0.3 is 19.5 Å². The van der Waals surface area contributed by atoms with Gasteiger partial charge in [0, 0.05) is 10.6 Å². The highest BCUT2D eigenvalue weighted by molar-refractivity contribution is 7.92. The van der Waals surface area contributed by atoms with E-state index in [9.17, 15) is 13.2 Å². The number of amides is 1. The van der Waals surface area contributed by atoms with Crippen LogP contribution in [0.5, 0.6) is 17.2 Å². The molecule has 192 valence electrons. The minimum atomic E-state index is -4.15. The zero-order chi connectivity index (χ0) is 26.5. The second kappa shape index (κ2) is 11.5. The lowest BCUT2D eigenvalue weighted by atomic mass is 10.1. The summed E-state index contributed by atoms with van der Waals surface area (Å²) < 4.78 is 44.5. The fraction of sp³-hybridized carbons (Fsp3) is 0.269. The number of methoxy groups -OCH3 is 3. The van der Waals surface area contributed by atoms with Crippen molar-refractivity contribution in [2.45, 2.75) is 24.8 Å². The molecule has 10 heteroatoms. The molecule has 0 fully saturated rings. The van der Waals surface area contributed by atoms with Crippen LogP contribution in [0, 0.1) is 6.92 Å². The molecule has 8 nitrogen and oxygen atoms in total. The molecule has 1 amide bonds. The second-order valence-electron chi connectivity index (χ2n) is 8.04. The maximum Gasteiger partial charge on any atom is 0.264 e. The third-order valence-electron chi connectivity index (χ3n) is 5.59. The zero-order valence-electron chi connectivity index (χ0n) is 20.7. The van der Waals surface area contributed by atoms with Crippen LogP contribution in [-0.4, -0.2) is 42.2 Å². The highest BCUT2D eigenvalue weighted by atomic mass is 35.5. The Hall–Kier alpha value is -3.43. The van der Waals surface area contributed by atoms with Crippen LogP contribution < -0.4 is 23.8 Å². The number of sulfonamides is 1. The zero-order valence-corrected chi connectivity index (χ0v) is 22.3. The van der Waals surface area contributed by atoms with Crippen LogP contribution in [0.3, 0.4) is 0 Å². The Morgan fingerprint density at radius 1 is 0.944 bits per heavy atom. The average molecular weight is 533 g/mol. The number of rotatable bonds is 10. The first-order valence-electron chi connectivity index (χ1n) is 11.0. The molecule has 3 aromatic rings. The maximum atomic E-state index is 13.7. The second-order valence-corrected chi connectivity index (χ2v) is 10.3. The summed E-state index contributed by atoms with van der Waals surface area (Å²) in [6.07, 6.45) is 0. The van der Waals surface area contributed by atoms with Gasteiger partial charge in [-0.2, -0.15) is 0 Å². The van der Waals surface area contributed by atoms with Gasteiger partial charge in [-0.1, -0.05) is 29.3 Å². The number of anilines is 1. The van der Waals surface area contributed by atoms with E-state index in [0.717, 1.165) is 9.87 Å². The van der Waals surface area contributed by atoms with Crippen LogP contribution in [0.1, 0.15) is 24.1 Å².